The van der Waals surface area contributed by atoms with E-state index in [0.29, 0.717) is 11.5 Å². The second-order valence-corrected chi connectivity index (χ2v) is 6.33. The normalized spacial score (nSPS) is 13.8. The van der Waals surface area contributed by atoms with Crippen LogP contribution in [-0.4, -0.2) is 12.6 Å². The van der Waals surface area contributed by atoms with Crippen molar-refractivity contribution in [2.75, 3.05) is 6.54 Å². The summed E-state index contributed by atoms with van der Waals surface area (Å²) in [5.41, 5.74) is 1.72. The largest absolute Gasteiger partial charge is 0.313 e. The number of benzene rings is 1. The number of halogens is 1. The molecule has 1 rings (SSSR count). The second kappa shape index (κ2) is 5.83. The van der Waals surface area contributed by atoms with Crippen LogP contribution in [0.2, 0.25) is 0 Å². The molecule has 0 aliphatic carbocycles. The molecular weight excluding hydrogens is 262 g/mol. The summed E-state index contributed by atoms with van der Waals surface area (Å²) in [4.78, 5) is 0. The number of rotatable bonds is 4. The van der Waals surface area contributed by atoms with Crippen LogP contribution in [0.1, 0.15) is 33.3 Å². The van der Waals surface area contributed by atoms with Gasteiger partial charge in [-0.15, -0.1) is 0 Å². The van der Waals surface area contributed by atoms with Crippen molar-refractivity contribution < 1.29 is 0 Å². The van der Waals surface area contributed by atoms with Crippen LogP contribution >= 0.6 is 15.9 Å². The molecule has 2 heteroatoms. The Labute approximate surface area is 108 Å². The number of hydrogen-bond donors (Lipinski definition) is 1. The van der Waals surface area contributed by atoms with Crippen LogP contribution in [-0.2, 0) is 6.42 Å². The average molecular weight is 284 g/mol. The zero-order valence-electron chi connectivity index (χ0n) is 10.7. The van der Waals surface area contributed by atoms with Crippen LogP contribution in [0.4, 0.5) is 0 Å². The van der Waals surface area contributed by atoms with Crippen molar-refractivity contribution in [1.82, 2.24) is 5.32 Å². The maximum atomic E-state index is 3.57. The fourth-order valence-corrected chi connectivity index (χ4v) is 1.65. The lowest BCUT2D eigenvalue weighted by molar-refractivity contribution is 0.288. The Morgan fingerprint density at radius 3 is 2.25 bits per heavy atom. The third-order valence-corrected chi connectivity index (χ3v) is 3.61. The first kappa shape index (κ1) is 13.7. The standard InChI is InChI=1S/C14H22BrN/c1-11(14(2,3)4)16-10-9-12-5-7-13(15)8-6-12/h5-8,11,16H,9-10H2,1-4H3. The Kier molecular flexibility index (Phi) is 5.00. The number of nitrogens with one attached hydrogen (secondary N) is 1. The molecule has 0 saturated heterocycles. The summed E-state index contributed by atoms with van der Waals surface area (Å²) in [6.45, 7) is 10.1. The molecule has 0 saturated carbocycles. The second-order valence-electron chi connectivity index (χ2n) is 5.42. The van der Waals surface area contributed by atoms with Gasteiger partial charge >= 0.3 is 0 Å². The molecule has 1 aromatic carbocycles. The van der Waals surface area contributed by atoms with Gasteiger partial charge in [-0.3, -0.25) is 0 Å². The highest BCUT2D eigenvalue weighted by molar-refractivity contribution is 9.10. The van der Waals surface area contributed by atoms with Gasteiger partial charge in [0.25, 0.3) is 0 Å². The first-order valence-electron chi connectivity index (χ1n) is 5.87. The topological polar surface area (TPSA) is 12.0 Å². The quantitative estimate of drug-likeness (QED) is 0.880. The molecule has 90 valence electrons. The maximum Gasteiger partial charge on any atom is 0.0175 e. The summed E-state index contributed by atoms with van der Waals surface area (Å²) in [6.07, 6.45) is 1.09. The summed E-state index contributed by atoms with van der Waals surface area (Å²) in [5.74, 6) is 0. The minimum Gasteiger partial charge on any atom is -0.313 e. The molecule has 1 unspecified atom stereocenters. The van der Waals surface area contributed by atoms with Crippen molar-refractivity contribution in [1.29, 1.82) is 0 Å². The molecule has 1 nitrogen and oxygen atoms in total. The predicted octanol–water partition coefficient (Wildman–Crippen LogP) is 4.02. The Hall–Kier alpha value is -0.340. The van der Waals surface area contributed by atoms with Crippen molar-refractivity contribution in [3.05, 3.63) is 34.3 Å². The zero-order chi connectivity index (χ0) is 12.2. The van der Waals surface area contributed by atoms with Crippen molar-refractivity contribution in [3.63, 3.8) is 0 Å². The third kappa shape index (κ3) is 4.67. The molecule has 0 radical (unpaired) electrons. The Balaban J connectivity index is 2.33. The highest BCUT2D eigenvalue weighted by Gasteiger charge is 2.18. The van der Waals surface area contributed by atoms with Gasteiger partial charge < -0.3 is 5.32 Å². The van der Waals surface area contributed by atoms with Crippen molar-refractivity contribution in [2.45, 2.75) is 40.2 Å². The third-order valence-electron chi connectivity index (χ3n) is 3.08. The van der Waals surface area contributed by atoms with Gasteiger partial charge in [0, 0.05) is 10.5 Å². The fraction of sp³-hybridized carbons (Fsp3) is 0.571. The minimum absolute atomic E-state index is 0.333. The Bertz CT molecular complexity index is 311. The van der Waals surface area contributed by atoms with E-state index in [2.05, 4.69) is 73.2 Å². The molecule has 1 N–H and O–H groups in total. The van der Waals surface area contributed by atoms with Gasteiger partial charge in [0.15, 0.2) is 0 Å². The molecule has 16 heavy (non-hydrogen) atoms. The van der Waals surface area contributed by atoms with E-state index in [1.54, 1.807) is 0 Å². The van der Waals surface area contributed by atoms with Gasteiger partial charge in [-0.1, -0.05) is 48.8 Å². The van der Waals surface area contributed by atoms with E-state index in [4.69, 9.17) is 0 Å². The van der Waals surface area contributed by atoms with E-state index in [1.165, 1.54) is 5.56 Å². The van der Waals surface area contributed by atoms with Gasteiger partial charge in [-0.25, -0.2) is 0 Å². The maximum absolute atomic E-state index is 3.57. The van der Waals surface area contributed by atoms with Gasteiger partial charge in [-0.05, 0) is 43.0 Å². The highest BCUT2D eigenvalue weighted by atomic mass is 79.9. The van der Waals surface area contributed by atoms with E-state index in [0.717, 1.165) is 17.4 Å². The lowest BCUT2D eigenvalue weighted by Gasteiger charge is -2.28. The van der Waals surface area contributed by atoms with Crippen LogP contribution in [0.15, 0.2) is 28.7 Å². The first-order chi connectivity index (χ1) is 7.39. The summed E-state index contributed by atoms with van der Waals surface area (Å²) >= 11 is 3.45. The summed E-state index contributed by atoms with van der Waals surface area (Å²) in [6, 6.07) is 9.09. The smallest absolute Gasteiger partial charge is 0.0175 e. The molecule has 0 aliphatic rings. The van der Waals surface area contributed by atoms with E-state index < -0.39 is 0 Å². The zero-order valence-corrected chi connectivity index (χ0v) is 12.3. The van der Waals surface area contributed by atoms with E-state index >= 15 is 0 Å². The van der Waals surface area contributed by atoms with Crippen LogP contribution < -0.4 is 5.32 Å². The van der Waals surface area contributed by atoms with Crippen LogP contribution in [0, 0.1) is 5.41 Å². The Morgan fingerprint density at radius 1 is 1.19 bits per heavy atom. The van der Waals surface area contributed by atoms with Crippen LogP contribution in [0.5, 0.6) is 0 Å². The monoisotopic (exact) mass is 283 g/mol. The molecule has 0 heterocycles. The molecule has 0 amide bonds. The molecule has 1 atom stereocenters. The highest BCUT2D eigenvalue weighted by Crippen LogP contribution is 2.18. The molecule has 0 aromatic heterocycles. The van der Waals surface area contributed by atoms with Crippen molar-refractivity contribution in [2.24, 2.45) is 5.41 Å². The lowest BCUT2D eigenvalue weighted by atomic mass is 9.88. The van der Waals surface area contributed by atoms with Crippen LogP contribution in [0.3, 0.4) is 0 Å². The van der Waals surface area contributed by atoms with E-state index in [1.807, 2.05) is 0 Å². The molecule has 0 fully saturated rings. The van der Waals surface area contributed by atoms with Crippen molar-refractivity contribution >= 4 is 15.9 Å². The van der Waals surface area contributed by atoms with Crippen LogP contribution in [0.25, 0.3) is 0 Å². The van der Waals surface area contributed by atoms with E-state index in [9.17, 15) is 0 Å². The van der Waals surface area contributed by atoms with Gasteiger partial charge in [0.1, 0.15) is 0 Å². The molecular formula is C14H22BrN. The van der Waals surface area contributed by atoms with Gasteiger partial charge in [0.05, 0.1) is 0 Å². The summed E-state index contributed by atoms with van der Waals surface area (Å²) in [5, 5.41) is 3.57. The molecule has 0 aliphatic heterocycles. The lowest BCUT2D eigenvalue weighted by Crippen LogP contribution is -2.38. The molecule has 1 aromatic rings. The summed E-state index contributed by atoms with van der Waals surface area (Å²) in [7, 11) is 0. The SMILES string of the molecule is CC(NCCc1ccc(Br)cc1)C(C)(C)C. The molecule has 0 bridgehead atoms. The van der Waals surface area contributed by atoms with Gasteiger partial charge in [-0.2, -0.15) is 0 Å². The fourth-order valence-electron chi connectivity index (χ4n) is 1.39. The summed E-state index contributed by atoms with van der Waals surface area (Å²) < 4.78 is 1.15. The predicted molar refractivity (Wildman–Crippen MR) is 74.8 cm³/mol. The Morgan fingerprint density at radius 2 is 1.75 bits per heavy atom. The average Bonchev–Trinajstić information content (AvgIpc) is 2.19. The van der Waals surface area contributed by atoms with Crippen molar-refractivity contribution in [3.8, 4) is 0 Å². The van der Waals surface area contributed by atoms with Gasteiger partial charge in [0.2, 0.25) is 0 Å². The molecule has 0 spiro atoms. The number of hydrogen-bond acceptors (Lipinski definition) is 1. The van der Waals surface area contributed by atoms with E-state index in [-0.39, 0.29) is 0 Å². The first-order valence-corrected chi connectivity index (χ1v) is 6.67. The minimum atomic E-state index is 0.333.